The molecule has 0 aromatic heterocycles. The summed E-state index contributed by atoms with van der Waals surface area (Å²) in [5.74, 6) is -3.66. The summed E-state index contributed by atoms with van der Waals surface area (Å²) < 4.78 is 66.7. The van der Waals surface area contributed by atoms with Crippen molar-refractivity contribution in [1.29, 1.82) is 0 Å². The number of hydrogen-bond acceptors (Lipinski definition) is 2. The molecule has 7 heteroatoms. The van der Waals surface area contributed by atoms with E-state index in [1.54, 1.807) is 0 Å². The minimum atomic E-state index is -5.02. The molecule has 0 amide bonds. The summed E-state index contributed by atoms with van der Waals surface area (Å²) in [6, 6.07) is 1.11. The molecule has 0 spiro atoms. The molecule has 1 N–H and O–H groups in total. The predicted octanol–water partition coefficient (Wildman–Crippen LogP) is 2.57. The van der Waals surface area contributed by atoms with Crippen molar-refractivity contribution in [2.75, 3.05) is 7.11 Å². The zero-order chi connectivity index (χ0) is 12.5. The van der Waals surface area contributed by atoms with Gasteiger partial charge in [0.15, 0.2) is 23.5 Å². The van der Waals surface area contributed by atoms with Crippen LogP contribution in [0.4, 0.5) is 22.0 Å². The van der Waals surface area contributed by atoms with Gasteiger partial charge in [0, 0.05) is 5.56 Å². The van der Waals surface area contributed by atoms with Crippen molar-refractivity contribution in [2.45, 2.75) is 12.3 Å². The molecule has 1 atom stereocenters. The zero-order valence-corrected chi connectivity index (χ0v) is 7.98. The van der Waals surface area contributed by atoms with Gasteiger partial charge in [0.25, 0.3) is 0 Å². The van der Waals surface area contributed by atoms with Crippen molar-refractivity contribution in [3.8, 4) is 5.75 Å². The molecule has 1 rings (SSSR count). The summed E-state index contributed by atoms with van der Waals surface area (Å²) in [5, 5.41) is 8.81. The molecule has 0 aliphatic carbocycles. The van der Waals surface area contributed by atoms with E-state index in [4.69, 9.17) is 5.11 Å². The quantitative estimate of drug-likeness (QED) is 0.807. The maximum atomic E-state index is 13.3. The topological polar surface area (TPSA) is 29.5 Å². The summed E-state index contributed by atoms with van der Waals surface area (Å²) in [7, 11) is 0.908. The van der Waals surface area contributed by atoms with Gasteiger partial charge in [-0.2, -0.15) is 13.2 Å². The Morgan fingerprint density at radius 2 is 1.81 bits per heavy atom. The second-order valence-electron chi connectivity index (χ2n) is 2.93. The zero-order valence-electron chi connectivity index (χ0n) is 7.98. The molecule has 0 saturated carbocycles. The smallest absolute Gasteiger partial charge is 0.418 e. The second kappa shape index (κ2) is 4.25. The highest BCUT2D eigenvalue weighted by molar-refractivity contribution is 5.34. The van der Waals surface area contributed by atoms with E-state index in [0.717, 1.165) is 7.11 Å². The highest BCUT2D eigenvalue weighted by Gasteiger charge is 2.41. The van der Waals surface area contributed by atoms with Gasteiger partial charge in [0.2, 0.25) is 0 Å². The van der Waals surface area contributed by atoms with Crippen molar-refractivity contribution in [1.82, 2.24) is 0 Å². The Balaban J connectivity index is 3.26. The Labute approximate surface area is 87.3 Å². The van der Waals surface area contributed by atoms with Crippen LogP contribution in [0.2, 0.25) is 0 Å². The Hall–Kier alpha value is -1.37. The first kappa shape index (κ1) is 12.7. The standard InChI is InChI=1S/C9H7F5O2/c1-16-7-5(10)3-2-4(6(7)11)8(15)9(12,13)14/h2-3,8,15H,1H3. The fraction of sp³-hybridized carbons (Fsp3) is 0.333. The number of benzene rings is 1. The monoisotopic (exact) mass is 242 g/mol. The normalized spacial score (nSPS) is 13.7. The maximum absolute atomic E-state index is 13.3. The number of methoxy groups -OCH3 is 1. The average molecular weight is 242 g/mol. The molecule has 1 aromatic carbocycles. The maximum Gasteiger partial charge on any atom is 0.418 e. The molecule has 1 aromatic rings. The molecule has 0 fully saturated rings. The minimum absolute atomic E-state index is 0.519. The molecule has 0 heterocycles. The Morgan fingerprint density at radius 3 is 2.25 bits per heavy atom. The molecule has 16 heavy (non-hydrogen) atoms. The molecular weight excluding hydrogens is 235 g/mol. The Bertz CT molecular complexity index is 388. The van der Waals surface area contributed by atoms with Gasteiger partial charge < -0.3 is 9.84 Å². The number of halogens is 5. The third-order valence-corrected chi connectivity index (χ3v) is 1.89. The lowest BCUT2D eigenvalue weighted by Gasteiger charge is -2.16. The van der Waals surface area contributed by atoms with Crippen LogP contribution in [-0.4, -0.2) is 18.4 Å². The van der Waals surface area contributed by atoms with Crippen LogP contribution in [0.15, 0.2) is 12.1 Å². The number of rotatable bonds is 2. The molecule has 0 bridgehead atoms. The number of ether oxygens (including phenoxy) is 1. The lowest BCUT2D eigenvalue weighted by Crippen LogP contribution is -2.21. The SMILES string of the molecule is COc1c(F)ccc(C(O)C(F)(F)F)c1F. The molecule has 0 aliphatic heterocycles. The van der Waals surface area contributed by atoms with Crippen molar-refractivity contribution >= 4 is 0 Å². The number of aliphatic hydroxyl groups is 1. The molecule has 0 aliphatic rings. The van der Waals surface area contributed by atoms with Gasteiger partial charge in [-0.1, -0.05) is 0 Å². The van der Waals surface area contributed by atoms with Gasteiger partial charge in [-0.25, -0.2) is 8.78 Å². The molecule has 1 unspecified atom stereocenters. The molecular formula is C9H7F5O2. The first-order valence-corrected chi connectivity index (χ1v) is 4.05. The lowest BCUT2D eigenvalue weighted by atomic mass is 10.1. The molecule has 2 nitrogen and oxygen atoms in total. The largest absolute Gasteiger partial charge is 0.491 e. The summed E-state index contributed by atoms with van der Waals surface area (Å²) in [5.41, 5.74) is -1.08. The van der Waals surface area contributed by atoms with Crippen molar-refractivity contribution in [3.63, 3.8) is 0 Å². The number of hydrogen-bond donors (Lipinski definition) is 1. The third kappa shape index (κ3) is 2.24. The fourth-order valence-corrected chi connectivity index (χ4v) is 1.12. The van der Waals surface area contributed by atoms with Crippen molar-refractivity contribution < 1.29 is 31.8 Å². The van der Waals surface area contributed by atoms with E-state index in [0.29, 0.717) is 12.1 Å². The van der Waals surface area contributed by atoms with Crippen LogP contribution in [0.25, 0.3) is 0 Å². The average Bonchev–Trinajstić information content (AvgIpc) is 2.16. The summed E-state index contributed by atoms with van der Waals surface area (Å²) in [6.07, 6.45) is -8.04. The molecule has 0 radical (unpaired) electrons. The van der Waals surface area contributed by atoms with Crippen LogP contribution in [0.1, 0.15) is 11.7 Å². The van der Waals surface area contributed by atoms with Gasteiger partial charge in [-0.3, -0.25) is 0 Å². The van der Waals surface area contributed by atoms with E-state index in [2.05, 4.69) is 4.74 Å². The van der Waals surface area contributed by atoms with Gasteiger partial charge >= 0.3 is 6.18 Å². The lowest BCUT2D eigenvalue weighted by molar-refractivity contribution is -0.207. The Morgan fingerprint density at radius 1 is 1.25 bits per heavy atom. The number of aliphatic hydroxyl groups excluding tert-OH is 1. The summed E-state index contributed by atoms with van der Waals surface area (Å²) in [4.78, 5) is 0. The van der Waals surface area contributed by atoms with Gasteiger partial charge in [0.1, 0.15) is 0 Å². The minimum Gasteiger partial charge on any atom is -0.491 e. The first-order chi connectivity index (χ1) is 7.29. The highest BCUT2D eigenvalue weighted by Crippen LogP contribution is 2.36. The van der Waals surface area contributed by atoms with Crippen molar-refractivity contribution in [2.24, 2.45) is 0 Å². The van der Waals surface area contributed by atoms with Crippen LogP contribution in [0.5, 0.6) is 5.75 Å². The van der Waals surface area contributed by atoms with Crippen LogP contribution in [0.3, 0.4) is 0 Å². The van der Waals surface area contributed by atoms with Gasteiger partial charge in [-0.15, -0.1) is 0 Å². The summed E-state index contributed by atoms with van der Waals surface area (Å²) >= 11 is 0. The van der Waals surface area contributed by atoms with E-state index >= 15 is 0 Å². The van der Waals surface area contributed by atoms with E-state index in [1.807, 2.05) is 0 Å². The Kier molecular flexibility index (Phi) is 3.37. The van der Waals surface area contributed by atoms with Crippen LogP contribution < -0.4 is 4.74 Å². The van der Waals surface area contributed by atoms with E-state index in [-0.39, 0.29) is 0 Å². The molecule has 0 saturated heterocycles. The van der Waals surface area contributed by atoms with E-state index in [9.17, 15) is 22.0 Å². The fourth-order valence-electron chi connectivity index (χ4n) is 1.12. The summed E-state index contributed by atoms with van der Waals surface area (Å²) in [6.45, 7) is 0. The third-order valence-electron chi connectivity index (χ3n) is 1.89. The van der Waals surface area contributed by atoms with Crippen molar-refractivity contribution in [3.05, 3.63) is 29.3 Å². The van der Waals surface area contributed by atoms with E-state index in [1.165, 1.54) is 0 Å². The van der Waals surface area contributed by atoms with Gasteiger partial charge in [-0.05, 0) is 12.1 Å². The van der Waals surface area contributed by atoms with Crippen LogP contribution >= 0.6 is 0 Å². The first-order valence-electron chi connectivity index (χ1n) is 4.05. The molecule has 90 valence electrons. The predicted molar refractivity (Wildman–Crippen MR) is 43.9 cm³/mol. The highest BCUT2D eigenvalue weighted by atomic mass is 19.4. The second-order valence-corrected chi connectivity index (χ2v) is 2.93. The van der Waals surface area contributed by atoms with Crippen LogP contribution in [0, 0.1) is 11.6 Å². The van der Waals surface area contributed by atoms with E-state index < -0.39 is 35.2 Å². The number of alkyl halides is 3. The van der Waals surface area contributed by atoms with Crippen LogP contribution in [-0.2, 0) is 0 Å². The van der Waals surface area contributed by atoms with Gasteiger partial charge in [0.05, 0.1) is 7.11 Å².